The van der Waals surface area contributed by atoms with Crippen LogP contribution in [-0.2, 0) is 16.1 Å². The van der Waals surface area contributed by atoms with Gasteiger partial charge in [-0.3, -0.25) is 4.79 Å². The predicted molar refractivity (Wildman–Crippen MR) is 96.1 cm³/mol. The number of ether oxygens (including phenoxy) is 1. The van der Waals surface area contributed by atoms with E-state index < -0.39 is 5.60 Å². The molecule has 3 rings (SSSR count). The zero-order valence-electron chi connectivity index (χ0n) is 13.4. The highest BCUT2D eigenvalue weighted by Gasteiger charge is 2.35. The number of para-hydroxylation sites is 1. The Morgan fingerprint density at radius 1 is 1.17 bits per heavy atom. The number of thioether (sulfide) groups is 1. The van der Waals surface area contributed by atoms with Crippen molar-refractivity contribution >= 4 is 17.7 Å². The maximum atomic E-state index is 12.1. The van der Waals surface area contributed by atoms with Gasteiger partial charge in [0.2, 0.25) is 5.91 Å². The fourth-order valence-corrected chi connectivity index (χ4v) is 3.57. The molecule has 126 valence electrons. The molecule has 1 atom stereocenters. The van der Waals surface area contributed by atoms with E-state index in [1.165, 1.54) is 5.56 Å². The van der Waals surface area contributed by atoms with Crippen LogP contribution in [0.4, 0.5) is 0 Å². The molecule has 0 fully saturated rings. The Bertz CT molecular complexity index is 692. The van der Waals surface area contributed by atoms with E-state index in [1.54, 1.807) is 11.8 Å². The first-order valence-corrected chi connectivity index (χ1v) is 9.16. The average Bonchev–Trinajstić information content (AvgIpc) is 2.62. The zero-order valence-corrected chi connectivity index (χ0v) is 14.2. The second-order valence-electron chi connectivity index (χ2n) is 5.88. The third-order valence-corrected chi connectivity index (χ3v) is 5.09. The van der Waals surface area contributed by atoms with Gasteiger partial charge in [-0.05, 0) is 11.6 Å². The summed E-state index contributed by atoms with van der Waals surface area (Å²) in [4.78, 5) is 12.1. The molecule has 1 heterocycles. The second-order valence-corrected chi connectivity index (χ2v) is 6.87. The lowest BCUT2D eigenvalue weighted by Crippen LogP contribution is -2.44. The Labute approximate surface area is 146 Å². The summed E-state index contributed by atoms with van der Waals surface area (Å²) in [6.45, 7) is 0.657. The van der Waals surface area contributed by atoms with Gasteiger partial charge in [-0.15, -0.1) is 11.8 Å². The molecular formula is C19H21NO3S. The normalized spacial score (nSPS) is 19.2. The number of aliphatic hydroxyl groups is 1. The van der Waals surface area contributed by atoms with Crippen molar-refractivity contribution in [3.8, 4) is 5.75 Å². The Morgan fingerprint density at radius 2 is 1.92 bits per heavy atom. The minimum atomic E-state index is -1.06. The highest BCUT2D eigenvalue weighted by molar-refractivity contribution is 7.99. The maximum Gasteiger partial charge on any atom is 0.230 e. The van der Waals surface area contributed by atoms with Crippen LogP contribution in [0.2, 0.25) is 0 Å². The van der Waals surface area contributed by atoms with E-state index in [1.807, 2.05) is 54.6 Å². The molecule has 0 radical (unpaired) electrons. The van der Waals surface area contributed by atoms with Crippen molar-refractivity contribution in [3.05, 3.63) is 65.7 Å². The first-order valence-electron chi connectivity index (χ1n) is 8.00. The van der Waals surface area contributed by atoms with Crippen LogP contribution in [-0.4, -0.2) is 29.9 Å². The van der Waals surface area contributed by atoms with Gasteiger partial charge in [-0.25, -0.2) is 0 Å². The number of rotatable bonds is 6. The summed E-state index contributed by atoms with van der Waals surface area (Å²) in [6, 6.07) is 17.5. The number of amides is 1. The van der Waals surface area contributed by atoms with Gasteiger partial charge in [0.25, 0.3) is 0 Å². The van der Waals surface area contributed by atoms with E-state index in [0.29, 0.717) is 24.5 Å². The number of hydrogen-bond donors (Lipinski definition) is 2. The van der Waals surface area contributed by atoms with Crippen LogP contribution >= 0.6 is 11.8 Å². The smallest absolute Gasteiger partial charge is 0.230 e. The van der Waals surface area contributed by atoms with Crippen molar-refractivity contribution in [2.75, 3.05) is 18.9 Å². The van der Waals surface area contributed by atoms with Gasteiger partial charge >= 0.3 is 0 Å². The topological polar surface area (TPSA) is 58.6 Å². The van der Waals surface area contributed by atoms with Gasteiger partial charge in [0.15, 0.2) is 0 Å². The van der Waals surface area contributed by atoms with E-state index in [9.17, 15) is 9.90 Å². The first-order chi connectivity index (χ1) is 11.7. The Balaban J connectivity index is 1.49. The molecule has 0 aromatic heterocycles. The second kappa shape index (κ2) is 7.73. The van der Waals surface area contributed by atoms with Crippen LogP contribution in [0.15, 0.2) is 54.6 Å². The molecule has 2 N–H and O–H groups in total. The lowest BCUT2D eigenvalue weighted by molar-refractivity contribution is -0.120. The highest BCUT2D eigenvalue weighted by Crippen LogP contribution is 2.36. The molecular weight excluding hydrogens is 322 g/mol. The molecule has 2 aromatic rings. The van der Waals surface area contributed by atoms with Gasteiger partial charge < -0.3 is 15.2 Å². The minimum Gasteiger partial charge on any atom is -0.493 e. The molecule has 4 nitrogen and oxygen atoms in total. The van der Waals surface area contributed by atoms with Crippen LogP contribution < -0.4 is 10.1 Å². The summed E-state index contributed by atoms with van der Waals surface area (Å²) >= 11 is 1.57. The Hall–Kier alpha value is -1.98. The fourth-order valence-electron chi connectivity index (χ4n) is 2.76. The maximum absolute atomic E-state index is 12.1. The molecule has 0 spiro atoms. The van der Waals surface area contributed by atoms with Crippen molar-refractivity contribution in [1.82, 2.24) is 5.32 Å². The molecule has 1 aliphatic heterocycles. The third-order valence-electron chi connectivity index (χ3n) is 4.08. The van der Waals surface area contributed by atoms with E-state index >= 15 is 0 Å². The molecule has 0 aliphatic carbocycles. The van der Waals surface area contributed by atoms with Crippen molar-refractivity contribution in [3.63, 3.8) is 0 Å². The van der Waals surface area contributed by atoms with E-state index in [4.69, 9.17) is 4.74 Å². The molecule has 0 saturated carbocycles. The van der Waals surface area contributed by atoms with Crippen molar-refractivity contribution < 1.29 is 14.6 Å². The lowest BCUT2D eigenvalue weighted by Gasteiger charge is -2.34. The van der Waals surface area contributed by atoms with Crippen LogP contribution in [0, 0.1) is 0 Å². The zero-order chi connectivity index (χ0) is 16.8. The molecule has 1 amide bonds. The summed E-state index contributed by atoms with van der Waals surface area (Å²) in [5, 5.41) is 13.7. The Kier molecular flexibility index (Phi) is 5.43. The monoisotopic (exact) mass is 343 g/mol. The van der Waals surface area contributed by atoms with Crippen LogP contribution in [0.3, 0.4) is 0 Å². The number of nitrogens with one attached hydrogen (secondary N) is 1. The summed E-state index contributed by atoms with van der Waals surface area (Å²) in [7, 11) is 0. The quantitative estimate of drug-likeness (QED) is 0.847. The summed E-state index contributed by atoms with van der Waals surface area (Å²) in [6.07, 6.45) is 0.474. The van der Waals surface area contributed by atoms with E-state index in [-0.39, 0.29) is 12.5 Å². The van der Waals surface area contributed by atoms with Gasteiger partial charge in [0, 0.05) is 17.7 Å². The van der Waals surface area contributed by atoms with Crippen LogP contribution in [0.5, 0.6) is 5.75 Å². The van der Waals surface area contributed by atoms with Gasteiger partial charge in [0.05, 0.1) is 18.9 Å². The van der Waals surface area contributed by atoms with Crippen molar-refractivity contribution in [2.45, 2.75) is 17.8 Å². The molecule has 5 heteroatoms. The largest absolute Gasteiger partial charge is 0.493 e. The number of fused-ring (bicyclic) bond motifs is 1. The molecule has 1 aliphatic rings. The van der Waals surface area contributed by atoms with E-state index in [2.05, 4.69) is 5.32 Å². The van der Waals surface area contributed by atoms with Gasteiger partial charge in [-0.1, -0.05) is 48.5 Å². The van der Waals surface area contributed by atoms with Crippen molar-refractivity contribution in [1.29, 1.82) is 0 Å². The summed E-state index contributed by atoms with van der Waals surface area (Å²) in [5.74, 6) is 1.81. The third kappa shape index (κ3) is 4.10. The summed E-state index contributed by atoms with van der Waals surface area (Å²) < 4.78 is 5.56. The molecule has 1 unspecified atom stereocenters. The average molecular weight is 343 g/mol. The molecule has 24 heavy (non-hydrogen) atoms. The Morgan fingerprint density at radius 3 is 2.75 bits per heavy atom. The van der Waals surface area contributed by atoms with E-state index in [0.717, 1.165) is 11.3 Å². The fraction of sp³-hybridized carbons (Fsp3) is 0.316. The number of hydrogen-bond acceptors (Lipinski definition) is 4. The summed E-state index contributed by atoms with van der Waals surface area (Å²) in [5.41, 5.74) is 0.884. The molecule has 0 saturated heterocycles. The first kappa shape index (κ1) is 16.9. The van der Waals surface area contributed by atoms with Gasteiger partial charge in [-0.2, -0.15) is 0 Å². The van der Waals surface area contributed by atoms with Crippen LogP contribution in [0.1, 0.15) is 17.5 Å². The number of carbonyl (C=O) groups is 1. The SMILES string of the molecule is O=C(CSCc1ccccc1)NCC1(O)CCOc2ccccc21. The predicted octanol–water partition coefficient (Wildman–Crippen LogP) is 2.71. The molecule has 2 aromatic carbocycles. The lowest BCUT2D eigenvalue weighted by atomic mass is 9.88. The highest BCUT2D eigenvalue weighted by atomic mass is 32.2. The van der Waals surface area contributed by atoms with Crippen LogP contribution in [0.25, 0.3) is 0 Å². The standard InChI is InChI=1S/C19H21NO3S/c21-18(13-24-12-15-6-2-1-3-7-15)20-14-19(22)10-11-23-17-9-5-4-8-16(17)19/h1-9,22H,10-14H2,(H,20,21). The number of carbonyl (C=O) groups excluding carboxylic acids is 1. The minimum absolute atomic E-state index is 0.0617. The molecule has 0 bridgehead atoms. The van der Waals surface area contributed by atoms with Gasteiger partial charge in [0.1, 0.15) is 11.4 Å². The number of benzene rings is 2. The van der Waals surface area contributed by atoms with Crippen molar-refractivity contribution in [2.24, 2.45) is 0 Å².